The first-order chi connectivity index (χ1) is 8.31. The summed E-state index contributed by atoms with van der Waals surface area (Å²) in [7, 11) is 1.57. The Morgan fingerprint density at radius 3 is 3.00 bits per heavy atom. The van der Waals surface area contributed by atoms with Gasteiger partial charge < -0.3 is 9.84 Å². The average Bonchev–Trinajstić information content (AvgIpc) is 2.38. The van der Waals surface area contributed by atoms with E-state index in [4.69, 9.17) is 15.4 Å². The van der Waals surface area contributed by atoms with E-state index >= 15 is 0 Å². The van der Waals surface area contributed by atoms with E-state index in [1.54, 1.807) is 7.11 Å². The summed E-state index contributed by atoms with van der Waals surface area (Å²) in [6.45, 7) is 0.420. The predicted octanol–water partition coefficient (Wildman–Crippen LogP) is 2.90. The van der Waals surface area contributed by atoms with Crippen LogP contribution in [-0.4, -0.2) is 18.8 Å². The molecule has 90 valence electrons. The van der Waals surface area contributed by atoms with Crippen LogP contribution in [0.5, 0.6) is 5.75 Å². The molecular weight excluding hydrogens is 218 g/mol. The standard InChI is InChI=1S/C12H15N3O2/c1-17-12-8-10(5-6-11(12)9-16)4-2-3-7-14-15-13/h2,4-6,8,16H,3,7,9H2,1H3. The van der Waals surface area contributed by atoms with Crippen molar-refractivity contribution in [2.45, 2.75) is 13.0 Å². The largest absolute Gasteiger partial charge is 0.496 e. The number of methoxy groups -OCH3 is 1. The van der Waals surface area contributed by atoms with Crippen molar-refractivity contribution in [1.29, 1.82) is 0 Å². The topological polar surface area (TPSA) is 78.2 Å². The zero-order valence-corrected chi connectivity index (χ0v) is 9.71. The van der Waals surface area contributed by atoms with E-state index in [0.717, 1.165) is 11.1 Å². The van der Waals surface area contributed by atoms with E-state index in [1.807, 2.05) is 30.4 Å². The van der Waals surface area contributed by atoms with E-state index in [-0.39, 0.29) is 6.61 Å². The van der Waals surface area contributed by atoms with Crippen molar-refractivity contribution in [2.24, 2.45) is 5.11 Å². The van der Waals surface area contributed by atoms with Crippen LogP contribution in [0.15, 0.2) is 29.4 Å². The first kappa shape index (κ1) is 13.1. The van der Waals surface area contributed by atoms with Gasteiger partial charge in [-0.05, 0) is 23.6 Å². The maximum absolute atomic E-state index is 9.07. The van der Waals surface area contributed by atoms with Gasteiger partial charge in [-0.1, -0.05) is 29.4 Å². The number of nitrogens with zero attached hydrogens (tertiary/aromatic N) is 3. The van der Waals surface area contributed by atoms with E-state index in [0.29, 0.717) is 18.7 Å². The van der Waals surface area contributed by atoms with E-state index < -0.39 is 0 Å². The van der Waals surface area contributed by atoms with Gasteiger partial charge in [0.25, 0.3) is 0 Å². The van der Waals surface area contributed by atoms with Crippen LogP contribution in [0.25, 0.3) is 16.5 Å². The number of azide groups is 1. The summed E-state index contributed by atoms with van der Waals surface area (Å²) in [4.78, 5) is 2.67. The Kier molecular flexibility index (Phi) is 5.64. The van der Waals surface area contributed by atoms with Crippen molar-refractivity contribution in [3.63, 3.8) is 0 Å². The molecule has 0 amide bonds. The Morgan fingerprint density at radius 1 is 1.53 bits per heavy atom. The zero-order valence-electron chi connectivity index (χ0n) is 9.71. The zero-order chi connectivity index (χ0) is 12.5. The van der Waals surface area contributed by atoms with Gasteiger partial charge in [0.05, 0.1) is 13.7 Å². The molecule has 0 aliphatic rings. The quantitative estimate of drug-likeness (QED) is 0.355. The maximum Gasteiger partial charge on any atom is 0.124 e. The van der Waals surface area contributed by atoms with Gasteiger partial charge in [0.2, 0.25) is 0 Å². The molecule has 1 aromatic rings. The van der Waals surface area contributed by atoms with Crippen LogP contribution in [0, 0.1) is 0 Å². The van der Waals surface area contributed by atoms with E-state index in [2.05, 4.69) is 10.0 Å². The number of aliphatic hydroxyl groups is 1. The summed E-state index contributed by atoms with van der Waals surface area (Å²) in [6.07, 6.45) is 4.56. The maximum atomic E-state index is 9.07. The molecule has 0 saturated heterocycles. The molecule has 1 aromatic carbocycles. The number of rotatable bonds is 6. The Balaban J connectivity index is 2.68. The smallest absolute Gasteiger partial charge is 0.124 e. The molecule has 17 heavy (non-hydrogen) atoms. The lowest BCUT2D eigenvalue weighted by molar-refractivity contribution is 0.274. The van der Waals surface area contributed by atoms with Crippen LogP contribution >= 0.6 is 0 Å². The van der Waals surface area contributed by atoms with E-state index in [1.165, 1.54) is 0 Å². The van der Waals surface area contributed by atoms with Crippen molar-refractivity contribution in [1.82, 2.24) is 0 Å². The van der Waals surface area contributed by atoms with Gasteiger partial charge in [0.1, 0.15) is 5.75 Å². The molecule has 0 radical (unpaired) electrons. The lowest BCUT2D eigenvalue weighted by Crippen LogP contribution is -1.92. The van der Waals surface area contributed by atoms with Crippen LogP contribution in [0.1, 0.15) is 17.5 Å². The number of ether oxygens (including phenoxy) is 1. The molecule has 5 heteroatoms. The van der Waals surface area contributed by atoms with Crippen molar-refractivity contribution in [3.05, 3.63) is 45.8 Å². The monoisotopic (exact) mass is 233 g/mol. The third kappa shape index (κ3) is 4.18. The molecule has 0 atom stereocenters. The minimum Gasteiger partial charge on any atom is -0.496 e. The van der Waals surface area contributed by atoms with Crippen LogP contribution in [0.2, 0.25) is 0 Å². The summed E-state index contributed by atoms with van der Waals surface area (Å²) in [5, 5.41) is 12.5. The highest BCUT2D eigenvalue weighted by molar-refractivity contribution is 5.53. The summed E-state index contributed by atoms with van der Waals surface area (Å²) in [5.74, 6) is 0.671. The van der Waals surface area contributed by atoms with Crippen LogP contribution in [0.4, 0.5) is 0 Å². The highest BCUT2D eigenvalue weighted by atomic mass is 16.5. The molecule has 5 nitrogen and oxygen atoms in total. The molecule has 0 aromatic heterocycles. The molecule has 0 aliphatic carbocycles. The number of benzene rings is 1. The average molecular weight is 233 g/mol. The number of aliphatic hydroxyl groups excluding tert-OH is 1. The summed E-state index contributed by atoms with van der Waals surface area (Å²) in [5.41, 5.74) is 9.85. The van der Waals surface area contributed by atoms with Crippen molar-refractivity contribution < 1.29 is 9.84 Å². The highest BCUT2D eigenvalue weighted by Crippen LogP contribution is 2.20. The minimum atomic E-state index is -0.0376. The van der Waals surface area contributed by atoms with Gasteiger partial charge >= 0.3 is 0 Å². The fourth-order valence-electron chi connectivity index (χ4n) is 1.39. The van der Waals surface area contributed by atoms with Crippen molar-refractivity contribution in [2.75, 3.05) is 13.7 Å². The van der Waals surface area contributed by atoms with Crippen LogP contribution < -0.4 is 4.74 Å². The third-order valence-corrected chi connectivity index (χ3v) is 2.25. The fraction of sp³-hybridized carbons (Fsp3) is 0.333. The van der Waals surface area contributed by atoms with Crippen LogP contribution in [-0.2, 0) is 6.61 Å². The first-order valence-corrected chi connectivity index (χ1v) is 5.27. The summed E-state index contributed by atoms with van der Waals surface area (Å²) < 4.78 is 5.16. The Hall–Kier alpha value is -1.97. The fourth-order valence-corrected chi connectivity index (χ4v) is 1.39. The molecule has 0 fully saturated rings. The summed E-state index contributed by atoms with van der Waals surface area (Å²) >= 11 is 0. The van der Waals surface area contributed by atoms with Gasteiger partial charge in [0.15, 0.2) is 0 Å². The normalized spacial score (nSPS) is 10.2. The minimum absolute atomic E-state index is 0.0376. The Morgan fingerprint density at radius 2 is 2.35 bits per heavy atom. The molecule has 0 heterocycles. The van der Waals surface area contributed by atoms with Crippen LogP contribution in [0.3, 0.4) is 0 Å². The molecule has 1 rings (SSSR count). The highest BCUT2D eigenvalue weighted by Gasteiger charge is 2.01. The second-order valence-electron chi connectivity index (χ2n) is 3.37. The van der Waals surface area contributed by atoms with E-state index in [9.17, 15) is 0 Å². The number of hydrogen-bond acceptors (Lipinski definition) is 3. The van der Waals surface area contributed by atoms with Crippen molar-refractivity contribution >= 4 is 6.08 Å². The SMILES string of the molecule is COc1cc(C=CCCN=[N+]=[N-])ccc1CO. The lowest BCUT2D eigenvalue weighted by atomic mass is 10.1. The summed E-state index contributed by atoms with van der Waals surface area (Å²) in [6, 6.07) is 5.58. The Bertz CT molecular complexity index is 437. The third-order valence-electron chi connectivity index (χ3n) is 2.25. The molecule has 0 bridgehead atoms. The molecule has 0 saturated carbocycles. The molecule has 1 N–H and O–H groups in total. The van der Waals surface area contributed by atoms with Gasteiger partial charge in [-0.25, -0.2) is 0 Å². The predicted molar refractivity (Wildman–Crippen MR) is 66.6 cm³/mol. The van der Waals surface area contributed by atoms with Gasteiger partial charge in [-0.15, -0.1) is 0 Å². The van der Waals surface area contributed by atoms with Gasteiger partial charge in [-0.2, -0.15) is 0 Å². The molecule has 0 aliphatic heterocycles. The van der Waals surface area contributed by atoms with Gasteiger partial charge in [0, 0.05) is 17.0 Å². The second kappa shape index (κ2) is 7.33. The second-order valence-corrected chi connectivity index (χ2v) is 3.37. The van der Waals surface area contributed by atoms with Crippen molar-refractivity contribution in [3.8, 4) is 5.75 Å². The first-order valence-electron chi connectivity index (χ1n) is 5.27. The molecule has 0 spiro atoms. The molecular formula is C12H15N3O2. The lowest BCUT2D eigenvalue weighted by Gasteiger charge is -2.06. The molecule has 0 unspecified atom stereocenters. The van der Waals surface area contributed by atoms with Gasteiger partial charge in [-0.3, -0.25) is 0 Å². The Labute approximate surface area is 100.0 Å². The number of hydrogen-bond donors (Lipinski definition) is 1.